The first kappa shape index (κ1) is 23.0. The third-order valence-corrected chi connectivity index (χ3v) is 8.43. The zero-order valence-corrected chi connectivity index (χ0v) is 20.4. The average Bonchev–Trinajstić information content (AvgIpc) is 3.40. The standard InChI is InChI=1S/C24H29BrN2O5/c1-11(2)21(27-22(29)18-14-5-6-15(9-14)19(18)23(27)30)24(31)32-10-17(28)26-16-7-12(3)20(25)13(4)8-16/h7-8,11,14-15,18-19,21H,5-6,9-10H2,1-4H3,(H,26,28)/t14-,15-,18-,19+,21-/m0/s1. The summed E-state index contributed by atoms with van der Waals surface area (Å²) in [5, 5.41) is 2.73. The molecule has 2 saturated carbocycles. The number of carbonyl (C=O) groups is 4. The lowest BCUT2D eigenvalue weighted by Crippen LogP contribution is -2.50. The molecule has 0 aromatic heterocycles. The number of nitrogens with zero attached hydrogens (tertiary/aromatic N) is 1. The Hall–Kier alpha value is -2.22. The Kier molecular flexibility index (Phi) is 6.18. The van der Waals surface area contributed by atoms with Crippen molar-refractivity contribution in [2.24, 2.45) is 29.6 Å². The van der Waals surface area contributed by atoms with Crippen molar-refractivity contribution in [2.45, 2.75) is 53.0 Å². The van der Waals surface area contributed by atoms with Gasteiger partial charge in [0.25, 0.3) is 5.91 Å². The number of ether oxygens (including phenoxy) is 1. The van der Waals surface area contributed by atoms with Crippen LogP contribution in [0.15, 0.2) is 16.6 Å². The van der Waals surface area contributed by atoms with E-state index in [0.29, 0.717) is 5.69 Å². The Labute approximate surface area is 196 Å². The maximum absolute atomic E-state index is 13.1. The molecule has 2 aliphatic carbocycles. The molecule has 5 atom stereocenters. The zero-order valence-electron chi connectivity index (χ0n) is 18.8. The zero-order chi connectivity index (χ0) is 23.3. The fourth-order valence-electron chi connectivity index (χ4n) is 5.82. The second-order valence-electron chi connectivity index (χ2n) is 9.70. The molecule has 32 heavy (non-hydrogen) atoms. The molecule has 1 aromatic rings. The largest absolute Gasteiger partial charge is 0.454 e. The number of nitrogens with one attached hydrogen (secondary N) is 1. The minimum absolute atomic E-state index is 0.242. The molecule has 3 amide bonds. The number of fused-ring (bicyclic) bond motifs is 5. The van der Waals surface area contributed by atoms with Gasteiger partial charge in [0, 0.05) is 10.2 Å². The fourth-order valence-corrected chi connectivity index (χ4v) is 6.05. The molecule has 1 aromatic carbocycles. The average molecular weight is 505 g/mol. The summed E-state index contributed by atoms with van der Waals surface area (Å²) in [5.41, 5.74) is 2.56. The first-order valence-corrected chi connectivity index (χ1v) is 12.0. The van der Waals surface area contributed by atoms with E-state index in [9.17, 15) is 19.2 Å². The third-order valence-electron chi connectivity index (χ3n) is 7.18. The summed E-state index contributed by atoms with van der Waals surface area (Å²) in [6.07, 6.45) is 2.89. The van der Waals surface area contributed by atoms with Gasteiger partial charge in [0.2, 0.25) is 11.8 Å². The van der Waals surface area contributed by atoms with E-state index in [1.165, 1.54) is 0 Å². The van der Waals surface area contributed by atoms with Gasteiger partial charge in [0.1, 0.15) is 6.04 Å². The van der Waals surface area contributed by atoms with E-state index in [0.717, 1.165) is 39.8 Å². The van der Waals surface area contributed by atoms with E-state index in [4.69, 9.17) is 4.74 Å². The van der Waals surface area contributed by atoms with Gasteiger partial charge in [-0.05, 0) is 74.1 Å². The molecule has 0 radical (unpaired) electrons. The van der Waals surface area contributed by atoms with Crippen LogP contribution in [0.25, 0.3) is 0 Å². The van der Waals surface area contributed by atoms with Gasteiger partial charge in [-0.3, -0.25) is 19.3 Å². The van der Waals surface area contributed by atoms with Gasteiger partial charge >= 0.3 is 5.97 Å². The van der Waals surface area contributed by atoms with Crippen LogP contribution in [0.1, 0.15) is 44.2 Å². The number of imide groups is 1. The van der Waals surface area contributed by atoms with Crippen LogP contribution < -0.4 is 5.32 Å². The second kappa shape index (κ2) is 8.61. The number of carbonyl (C=O) groups excluding carboxylic acids is 4. The van der Waals surface area contributed by atoms with Crippen molar-refractivity contribution in [3.8, 4) is 0 Å². The number of aryl methyl sites for hydroxylation is 2. The third kappa shape index (κ3) is 3.87. The Morgan fingerprint density at radius 1 is 1.09 bits per heavy atom. The fraction of sp³-hybridized carbons (Fsp3) is 0.583. The topological polar surface area (TPSA) is 92.8 Å². The molecule has 1 heterocycles. The number of amides is 3. The van der Waals surface area contributed by atoms with Gasteiger partial charge in [-0.1, -0.05) is 29.8 Å². The minimum Gasteiger partial charge on any atom is -0.454 e. The predicted octanol–water partition coefficient (Wildman–Crippen LogP) is 3.60. The van der Waals surface area contributed by atoms with Crippen LogP contribution in [0, 0.1) is 43.4 Å². The van der Waals surface area contributed by atoms with Gasteiger partial charge < -0.3 is 10.1 Å². The molecule has 2 bridgehead atoms. The Balaban J connectivity index is 1.41. The van der Waals surface area contributed by atoms with Gasteiger partial charge in [-0.15, -0.1) is 0 Å². The summed E-state index contributed by atoms with van der Waals surface area (Å²) in [6, 6.07) is 2.63. The summed E-state index contributed by atoms with van der Waals surface area (Å²) in [7, 11) is 0. The van der Waals surface area contributed by atoms with Crippen LogP contribution >= 0.6 is 15.9 Å². The molecule has 4 rings (SSSR count). The van der Waals surface area contributed by atoms with Crippen molar-refractivity contribution in [1.29, 1.82) is 0 Å². The predicted molar refractivity (Wildman–Crippen MR) is 121 cm³/mol. The van der Waals surface area contributed by atoms with Crippen LogP contribution in [-0.2, 0) is 23.9 Å². The number of benzene rings is 1. The molecule has 1 aliphatic heterocycles. The van der Waals surface area contributed by atoms with Crippen molar-refractivity contribution in [3.63, 3.8) is 0 Å². The first-order chi connectivity index (χ1) is 15.1. The maximum atomic E-state index is 13.1. The van der Waals surface area contributed by atoms with Crippen molar-refractivity contribution >= 4 is 45.3 Å². The summed E-state index contributed by atoms with van der Waals surface area (Å²) in [6.45, 7) is 6.92. The van der Waals surface area contributed by atoms with Gasteiger partial charge in [-0.25, -0.2) is 4.79 Å². The van der Waals surface area contributed by atoms with Crippen molar-refractivity contribution in [1.82, 2.24) is 4.90 Å². The summed E-state index contributed by atoms with van der Waals surface area (Å²) in [5.74, 6) is -2.07. The summed E-state index contributed by atoms with van der Waals surface area (Å²) >= 11 is 3.49. The molecule has 0 unspecified atom stereocenters. The second-order valence-corrected chi connectivity index (χ2v) is 10.5. The molecule has 3 fully saturated rings. The van der Waals surface area contributed by atoms with Crippen LogP contribution in [0.4, 0.5) is 5.69 Å². The number of esters is 1. The van der Waals surface area contributed by atoms with Crippen molar-refractivity contribution < 1.29 is 23.9 Å². The molecule has 172 valence electrons. The number of halogens is 1. The summed E-state index contributed by atoms with van der Waals surface area (Å²) < 4.78 is 6.25. The molecule has 3 aliphatic rings. The Morgan fingerprint density at radius 2 is 1.62 bits per heavy atom. The number of likely N-dealkylation sites (tertiary alicyclic amines) is 1. The molecule has 0 spiro atoms. The lowest BCUT2D eigenvalue weighted by atomic mass is 9.81. The minimum atomic E-state index is -1.01. The highest BCUT2D eigenvalue weighted by molar-refractivity contribution is 9.10. The molecule has 1 N–H and O–H groups in total. The van der Waals surface area contributed by atoms with Crippen molar-refractivity contribution in [3.05, 3.63) is 27.7 Å². The Morgan fingerprint density at radius 3 is 2.12 bits per heavy atom. The Bertz CT molecular complexity index is 940. The van der Waals surface area contributed by atoms with E-state index in [1.54, 1.807) is 13.8 Å². The smallest absolute Gasteiger partial charge is 0.330 e. The van der Waals surface area contributed by atoms with E-state index in [-0.39, 0.29) is 41.4 Å². The van der Waals surface area contributed by atoms with Gasteiger partial charge in [0.05, 0.1) is 11.8 Å². The van der Waals surface area contributed by atoms with E-state index in [1.807, 2.05) is 26.0 Å². The maximum Gasteiger partial charge on any atom is 0.330 e. The van der Waals surface area contributed by atoms with E-state index < -0.39 is 24.5 Å². The van der Waals surface area contributed by atoms with Crippen LogP contribution in [-0.4, -0.2) is 41.2 Å². The molecule has 1 saturated heterocycles. The SMILES string of the molecule is Cc1cc(NC(=O)COC(=O)[C@H](C(C)C)N2C(=O)[C@@H]3[C@H]4CC[C@@H](C4)[C@@H]3C2=O)cc(C)c1Br. The normalized spacial score (nSPS) is 27.1. The van der Waals surface area contributed by atoms with Gasteiger partial charge in [0.15, 0.2) is 6.61 Å². The first-order valence-electron chi connectivity index (χ1n) is 11.2. The highest BCUT2D eigenvalue weighted by atomic mass is 79.9. The number of anilines is 1. The monoisotopic (exact) mass is 504 g/mol. The highest BCUT2D eigenvalue weighted by Gasteiger charge is 2.62. The highest BCUT2D eigenvalue weighted by Crippen LogP contribution is 2.56. The van der Waals surface area contributed by atoms with E-state index in [2.05, 4.69) is 21.2 Å². The molecule has 7 nitrogen and oxygen atoms in total. The van der Waals surface area contributed by atoms with Crippen LogP contribution in [0.2, 0.25) is 0 Å². The lowest BCUT2D eigenvalue weighted by Gasteiger charge is -2.28. The van der Waals surface area contributed by atoms with Crippen molar-refractivity contribution in [2.75, 3.05) is 11.9 Å². The summed E-state index contributed by atoms with van der Waals surface area (Å²) in [4.78, 5) is 52.7. The van der Waals surface area contributed by atoms with Crippen LogP contribution in [0.3, 0.4) is 0 Å². The number of rotatable bonds is 6. The van der Waals surface area contributed by atoms with Gasteiger partial charge in [-0.2, -0.15) is 0 Å². The number of hydrogen-bond acceptors (Lipinski definition) is 5. The quantitative estimate of drug-likeness (QED) is 0.471. The lowest BCUT2D eigenvalue weighted by molar-refractivity contribution is -0.162. The molecule has 8 heteroatoms. The molecular formula is C24H29BrN2O5. The van der Waals surface area contributed by atoms with E-state index >= 15 is 0 Å². The van der Waals surface area contributed by atoms with Crippen LogP contribution in [0.5, 0.6) is 0 Å². The number of hydrogen-bond donors (Lipinski definition) is 1. The molecular weight excluding hydrogens is 476 g/mol.